The number of ether oxygens (including phenoxy) is 1. The Bertz CT molecular complexity index is 1040. The van der Waals surface area contributed by atoms with E-state index in [9.17, 15) is 13.2 Å². The molecule has 0 aliphatic carbocycles. The van der Waals surface area contributed by atoms with Gasteiger partial charge in [-0.1, -0.05) is 18.2 Å². The van der Waals surface area contributed by atoms with E-state index in [4.69, 9.17) is 9.88 Å². The summed E-state index contributed by atoms with van der Waals surface area (Å²) in [6, 6.07) is 15.1. The number of nitrogens with zero attached hydrogens (tertiary/aromatic N) is 1. The lowest BCUT2D eigenvalue weighted by Gasteiger charge is -2.12. The van der Waals surface area contributed by atoms with Crippen LogP contribution in [0.5, 0.6) is 5.75 Å². The highest BCUT2D eigenvalue weighted by atomic mass is 32.2. The maximum absolute atomic E-state index is 12.7. The topological polar surface area (TPSA) is 91.4 Å². The van der Waals surface area contributed by atoms with Crippen molar-refractivity contribution < 1.29 is 13.2 Å². The van der Waals surface area contributed by atoms with Crippen molar-refractivity contribution in [2.45, 2.75) is 4.90 Å². The van der Waals surface area contributed by atoms with E-state index in [2.05, 4.69) is 0 Å². The Morgan fingerprint density at radius 2 is 1.70 bits per heavy atom. The lowest BCUT2D eigenvalue weighted by atomic mass is 10.2. The van der Waals surface area contributed by atoms with Gasteiger partial charge in [0.2, 0.25) is 10.0 Å². The summed E-state index contributed by atoms with van der Waals surface area (Å²) in [4.78, 5) is 12.2. The highest BCUT2D eigenvalue weighted by Crippen LogP contribution is 2.21. The Labute approximate surface area is 132 Å². The fourth-order valence-corrected chi connectivity index (χ4v) is 3.05. The number of para-hydroxylation sites is 1. The summed E-state index contributed by atoms with van der Waals surface area (Å²) in [6.45, 7) is 0. The first kappa shape index (κ1) is 15.3. The van der Waals surface area contributed by atoms with Crippen LogP contribution in [-0.2, 0) is 10.0 Å². The summed E-state index contributed by atoms with van der Waals surface area (Å²) in [6.07, 6.45) is 0. The molecular weight excluding hydrogens is 316 g/mol. The highest BCUT2D eigenvalue weighted by Gasteiger charge is 2.18. The molecule has 0 aliphatic rings. The third-order valence-electron chi connectivity index (χ3n) is 3.52. The third-order valence-corrected chi connectivity index (χ3v) is 4.42. The molecule has 0 saturated heterocycles. The van der Waals surface area contributed by atoms with Crippen molar-refractivity contribution in [2.75, 3.05) is 7.11 Å². The molecule has 0 radical (unpaired) electrons. The molecule has 7 heteroatoms. The third kappa shape index (κ3) is 2.71. The van der Waals surface area contributed by atoms with E-state index in [-0.39, 0.29) is 0 Å². The number of aromatic nitrogens is 1. The minimum Gasteiger partial charge on any atom is -0.497 e. The van der Waals surface area contributed by atoms with Gasteiger partial charge in [-0.25, -0.2) is 13.6 Å². The average Bonchev–Trinajstić information content (AvgIpc) is 2.53. The molecule has 3 rings (SSSR count). The molecule has 1 aromatic heterocycles. The van der Waals surface area contributed by atoms with E-state index in [0.29, 0.717) is 22.3 Å². The Kier molecular flexibility index (Phi) is 3.67. The second-order valence-corrected chi connectivity index (χ2v) is 6.48. The van der Waals surface area contributed by atoms with Gasteiger partial charge >= 0.3 is 0 Å². The quantitative estimate of drug-likeness (QED) is 0.790. The van der Waals surface area contributed by atoms with Gasteiger partial charge in [-0.2, -0.15) is 0 Å². The van der Waals surface area contributed by atoms with Crippen molar-refractivity contribution in [1.82, 2.24) is 4.57 Å². The number of nitrogens with two attached hydrogens (primary N) is 1. The molecule has 3 aromatic rings. The molecule has 0 fully saturated rings. The molecule has 2 N–H and O–H groups in total. The monoisotopic (exact) mass is 330 g/mol. The van der Waals surface area contributed by atoms with Crippen molar-refractivity contribution >= 4 is 20.9 Å². The van der Waals surface area contributed by atoms with Crippen molar-refractivity contribution in [3.63, 3.8) is 0 Å². The van der Waals surface area contributed by atoms with E-state index in [0.717, 1.165) is 0 Å². The zero-order valence-electron chi connectivity index (χ0n) is 12.3. The van der Waals surface area contributed by atoms with Crippen LogP contribution in [-0.4, -0.2) is 20.1 Å². The zero-order chi connectivity index (χ0) is 16.6. The molecule has 0 saturated carbocycles. The van der Waals surface area contributed by atoms with Gasteiger partial charge < -0.3 is 4.74 Å². The normalized spacial score (nSPS) is 11.6. The van der Waals surface area contributed by atoms with Crippen LogP contribution in [0.3, 0.4) is 0 Å². The standard InChI is InChI=1S/C16H14N2O4S/c1-22-13-8-6-12(7-9-13)18-14-5-3-2-4-11(14)10-15(16(18)19)23(17,20)21/h2-10H,1H3,(H2,17,20,21). The minimum absolute atomic E-state index is 0.438. The molecule has 0 amide bonds. The molecule has 6 nitrogen and oxygen atoms in total. The number of benzene rings is 2. The number of hydrogen-bond donors (Lipinski definition) is 1. The van der Waals surface area contributed by atoms with Gasteiger partial charge in [0.25, 0.3) is 5.56 Å². The second kappa shape index (κ2) is 5.53. The predicted octanol–water partition coefficient (Wildman–Crippen LogP) is 1.65. The number of rotatable bonds is 3. The van der Waals surface area contributed by atoms with E-state index in [1.54, 1.807) is 48.5 Å². The minimum atomic E-state index is -4.13. The number of sulfonamides is 1. The van der Waals surface area contributed by atoms with Gasteiger partial charge in [0.15, 0.2) is 0 Å². The molecule has 0 unspecified atom stereocenters. The summed E-state index contributed by atoms with van der Waals surface area (Å²) in [5.41, 5.74) is 0.434. The number of pyridine rings is 1. The molecular formula is C16H14N2O4S. The van der Waals surface area contributed by atoms with Gasteiger partial charge in [0.05, 0.1) is 12.6 Å². The van der Waals surface area contributed by atoms with Crippen LogP contribution in [0.15, 0.2) is 64.3 Å². The van der Waals surface area contributed by atoms with Crippen LogP contribution in [0.25, 0.3) is 16.6 Å². The van der Waals surface area contributed by atoms with Crippen LogP contribution in [0.1, 0.15) is 0 Å². The molecule has 0 spiro atoms. The molecule has 23 heavy (non-hydrogen) atoms. The van der Waals surface area contributed by atoms with E-state index >= 15 is 0 Å². The van der Waals surface area contributed by atoms with Gasteiger partial charge in [0, 0.05) is 11.1 Å². The average molecular weight is 330 g/mol. The van der Waals surface area contributed by atoms with Gasteiger partial charge in [-0.3, -0.25) is 9.36 Å². The van der Waals surface area contributed by atoms with Crippen molar-refractivity contribution in [3.05, 3.63) is 65.0 Å². The molecule has 2 aromatic carbocycles. The molecule has 1 heterocycles. The number of methoxy groups -OCH3 is 1. The van der Waals surface area contributed by atoms with E-state index < -0.39 is 20.5 Å². The smallest absolute Gasteiger partial charge is 0.275 e. The van der Waals surface area contributed by atoms with Crippen LogP contribution in [0.2, 0.25) is 0 Å². The van der Waals surface area contributed by atoms with Gasteiger partial charge in [-0.15, -0.1) is 0 Å². The van der Waals surface area contributed by atoms with Gasteiger partial charge in [0.1, 0.15) is 10.6 Å². The summed E-state index contributed by atoms with van der Waals surface area (Å²) in [5.74, 6) is 0.633. The van der Waals surface area contributed by atoms with E-state index in [1.165, 1.54) is 17.7 Å². The first-order valence-electron chi connectivity index (χ1n) is 6.74. The SMILES string of the molecule is COc1ccc(-n2c(=O)c(S(N)(=O)=O)cc3ccccc32)cc1. The number of hydrogen-bond acceptors (Lipinski definition) is 4. The van der Waals surface area contributed by atoms with Crippen LogP contribution < -0.4 is 15.4 Å². The zero-order valence-corrected chi connectivity index (χ0v) is 13.1. The van der Waals surface area contributed by atoms with E-state index in [1.807, 2.05) is 0 Å². The lowest BCUT2D eigenvalue weighted by molar-refractivity contribution is 0.414. The van der Waals surface area contributed by atoms with Crippen molar-refractivity contribution in [3.8, 4) is 11.4 Å². The maximum Gasteiger partial charge on any atom is 0.275 e. The number of primary sulfonamides is 1. The first-order chi connectivity index (χ1) is 10.9. The fraction of sp³-hybridized carbons (Fsp3) is 0.0625. The highest BCUT2D eigenvalue weighted by molar-refractivity contribution is 7.89. The molecule has 0 atom stereocenters. The summed E-state index contributed by atoms with van der Waals surface area (Å²) in [5, 5.41) is 5.78. The van der Waals surface area contributed by atoms with Crippen molar-refractivity contribution in [1.29, 1.82) is 0 Å². The molecule has 0 aliphatic heterocycles. The number of fused-ring (bicyclic) bond motifs is 1. The molecule has 0 bridgehead atoms. The maximum atomic E-state index is 12.7. The van der Waals surface area contributed by atoms with Gasteiger partial charge in [-0.05, 0) is 36.4 Å². The Hall–Kier alpha value is -2.64. The Morgan fingerprint density at radius 3 is 2.30 bits per heavy atom. The molecule has 118 valence electrons. The Morgan fingerprint density at radius 1 is 1.04 bits per heavy atom. The van der Waals surface area contributed by atoms with Crippen LogP contribution in [0, 0.1) is 0 Å². The summed E-state index contributed by atoms with van der Waals surface area (Å²) in [7, 11) is -2.59. The second-order valence-electron chi connectivity index (χ2n) is 4.95. The Balaban J connectivity index is 2.42. The van der Waals surface area contributed by atoms with Crippen LogP contribution >= 0.6 is 0 Å². The van der Waals surface area contributed by atoms with Crippen LogP contribution in [0.4, 0.5) is 0 Å². The first-order valence-corrected chi connectivity index (χ1v) is 8.28. The summed E-state index contributed by atoms with van der Waals surface area (Å²) < 4.78 is 29.9. The summed E-state index contributed by atoms with van der Waals surface area (Å²) >= 11 is 0. The fourth-order valence-electron chi connectivity index (χ4n) is 2.43. The lowest BCUT2D eigenvalue weighted by Crippen LogP contribution is -2.28. The predicted molar refractivity (Wildman–Crippen MR) is 87.5 cm³/mol. The van der Waals surface area contributed by atoms with Crippen molar-refractivity contribution in [2.24, 2.45) is 5.14 Å². The largest absolute Gasteiger partial charge is 0.497 e.